The molecule has 2 aliphatic carbocycles. The quantitative estimate of drug-likeness (QED) is 0.309. The molecule has 6 atom stereocenters. The van der Waals surface area contributed by atoms with E-state index in [1.807, 2.05) is 32.0 Å². The van der Waals surface area contributed by atoms with Gasteiger partial charge < -0.3 is 20.6 Å². The highest BCUT2D eigenvalue weighted by Gasteiger charge is 2.43. The van der Waals surface area contributed by atoms with Crippen LogP contribution in [0.5, 0.6) is 0 Å². The second kappa shape index (κ2) is 13.9. The molecule has 2 fully saturated rings. The van der Waals surface area contributed by atoms with E-state index in [4.69, 9.17) is 0 Å². The van der Waals surface area contributed by atoms with E-state index >= 15 is 0 Å². The molecule has 0 aromatic heterocycles. The number of amides is 1. The molecule has 1 aromatic rings. The zero-order chi connectivity index (χ0) is 26.1. The largest absolute Gasteiger partial charge is 0.390 e. The van der Waals surface area contributed by atoms with Crippen molar-refractivity contribution >= 4 is 5.91 Å². The van der Waals surface area contributed by atoms with Crippen LogP contribution >= 0.6 is 0 Å². The normalized spacial score (nSPS) is 28.0. The first-order valence-corrected chi connectivity index (χ1v) is 14.6. The summed E-state index contributed by atoms with van der Waals surface area (Å²) < 4.78 is 0. The van der Waals surface area contributed by atoms with Gasteiger partial charge in [-0.05, 0) is 68.3 Å². The van der Waals surface area contributed by atoms with Crippen LogP contribution < -0.4 is 5.32 Å². The minimum absolute atomic E-state index is 0.0590. The predicted octanol–water partition coefficient (Wildman–Crippen LogP) is 5.40. The van der Waals surface area contributed by atoms with Gasteiger partial charge in [0, 0.05) is 5.92 Å². The van der Waals surface area contributed by atoms with Gasteiger partial charge in [0.2, 0.25) is 5.91 Å². The molecule has 36 heavy (non-hydrogen) atoms. The molecule has 1 aromatic carbocycles. The summed E-state index contributed by atoms with van der Waals surface area (Å²) in [6.07, 6.45) is 9.68. The van der Waals surface area contributed by atoms with Crippen molar-refractivity contribution in [2.24, 2.45) is 23.7 Å². The summed E-state index contributed by atoms with van der Waals surface area (Å²) in [7, 11) is 0. The Morgan fingerprint density at radius 1 is 1.08 bits per heavy atom. The second-order valence-electron chi connectivity index (χ2n) is 12.3. The molecule has 2 saturated carbocycles. The van der Waals surface area contributed by atoms with Crippen LogP contribution in [-0.4, -0.2) is 45.1 Å². The molecule has 3 rings (SSSR count). The summed E-state index contributed by atoms with van der Waals surface area (Å²) in [6.45, 7) is 6.20. The number of nitrogens with one attached hydrogen (secondary N) is 1. The van der Waals surface area contributed by atoms with Crippen LogP contribution in [0.2, 0.25) is 0 Å². The molecule has 5 heteroatoms. The van der Waals surface area contributed by atoms with Crippen LogP contribution in [0.15, 0.2) is 30.3 Å². The lowest BCUT2D eigenvalue weighted by atomic mass is 9.68. The number of aliphatic hydroxyl groups is 3. The average molecular weight is 502 g/mol. The van der Waals surface area contributed by atoms with Crippen LogP contribution in [0.4, 0.5) is 0 Å². The number of carbonyl (C=O) groups is 1. The lowest BCUT2D eigenvalue weighted by molar-refractivity contribution is -0.136. The van der Waals surface area contributed by atoms with Crippen molar-refractivity contribution in [1.82, 2.24) is 5.32 Å². The molecule has 4 N–H and O–H groups in total. The summed E-state index contributed by atoms with van der Waals surface area (Å²) in [6, 6.07) is 9.77. The van der Waals surface area contributed by atoms with Crippen LogP contribution in [0, 0.1) is 23.7 Å². The lowest BCUT2D eigenvalue weighted by Crippen LogP contribution is -2.53. The first-order valence-electron chi connectivity index (χ1n) is 14.6. The number of aliphatic hydroxyl groups excluding tert-OH is 2. The first kappa shape index (κ1) is 29.1. The van der Waals surface area contributed by atoms with Gasteiger partial charge in [0.25, 0.3) is 0 Å². The molecule has 0 saturated heterocycles. The fourth-order valence-electron chi connectivity index (χ4n) is 6.62. The van der Waals surface area contributed by atoms with Crippen molar-refractivity contribution in [2.75, 3.05) is 0 Å². The van der Waals surface area contributed by atoms with E-state index in [0.717, 1.165) is 38.5 Å². The van der Waals surface area contributed by atoms with E-state index in [2.05, 4.69) is 24.4 Å². The van der Waals surface area contributed by atoms with Gasteiger partial charge in [-0.1, -0.05) is 89.6 Å². The zero-order valence-corrected chi connectivity index (χ0v) is 22.9. The molecule has 0 radical (unpaired) electrons. The smallest absolute Gasteiger partial charge is 0.223 e. The molecule has 204 valence electrons. The molecule has 0 spiro atoms. The van der Waals surface area contributed by atoms with Crippen LogP contribution in [0.25, 0.3) is 0 Å². The predicted molar refractivity (Wildman–Crippen MR) is 145 cm³/mol. The summed E-state index contributed by atoms with van der Waals surface area (Å²) in [5.74, 6) is 0.642. The number of hydrogen-bond acceptors (Lipinski definition) is 4. The van der Waals surface area contributed by atoms with Crippen molar-refractivity contribution in [3.8, 4) is 0 Å². The maximum absolute atomic E-state index is 13.7. The van der Waals surface area contributed by atoms with Crippen molar-refractivity contribution in [1.29, 1.82) is 0 Å². The Morgan fingerprint density at radius 2 is 1.78 bits per heavy atom. The topological polar surface area (TPSA) is 89.8 Å². The van der Waals surface area contributed by atoms with E-state index in [1.165, 1.54) is 24.8 Å². The van der Waals surface area contributed by atoms with Gasteiger partial charge in [-0.25, -0.2) is 0 Å². The lowest BCUT2D eigenvalue weighted by Gasteiger charge is -2.42. The van der Waals surface area contributed by atoms with E-state index in [-0.39, 0.29) is 23.7 Å². The fraction of sp³-hybridized carbons (Fsp3) is 0.774. The van der Waals surface area contributed by atoms with Crippen molar-refractivity contribution in [3.63, 3.8) is 0 Å². The van der Waals surface area contributed by atoms with Crippen LogP contribution in [0.3, 0.4) is 0 Å². The van der Waals surface area contributed by atoms with Gasteiger partial charge in [0.1, 0.15) is 6.10 Å². The third kappa shape index (κ3) is 8.56. The Balaban J connectivity index is 1.69. The third-order valence-electron chi connectivity index (χ3n) is 8.89. The SMILES string of the molecule is CC[C@H]1CC[C@](O)(CCc2ccccc2)C[C@@H]1C(=O)N[C@@H](CC1CCCCC1)[C@@H](O)[C@@H](O)CC(C)C. The van der Waals surface area contributed by atoms with E-state index in [1.54, 1.807) is 0 Å². The Kier molecular flexibility index (Phi) is 11.3. The summed E-state index contributed by atoms with van der Waals surface area (Å²) in [5, 5.41) is 36.5. The van der Waals surface area contributed by atoms with Gasteiger partial charge in [-0.3, -0.25) is 4.79 Å². The minimum Gasteiger partial charge on any atom is -0.390 e. The third-order valence-corrected chi connectivity index (χ3v) is 8.89. The Hall–Kier alpha value is -1.43. The van der Waals surface area contributed by atoms with Crippen LogP contribution in [0.1, 0.15) is 103 Å². The monoisotopic (exact) mass is 501 g/mol. The van der Waals surface area contributed by atoms with Crippen LogP contribution in [-0.2, 0) is 11.2 Å². The Bertz CT molecular complexity index is 778. The summed E-state index contributed by atoms with van der Waals surface area (Å²) in [5.41, 5.74) is 0.359. The summed E-state index contributed by atoms with van der Waals surface area (Å²) in [4.78, 5) is 13.7. The highest BCUT2D eigenvalue weighted by molar-refractivity contribution is 5.79. The first-order chi connectivity index (χ1) is 17.2. The molecule has 2 aliphatic rings. The molecule has 1 amide bonds. The Morgan fingerprint density at radius 3 is 2.42 bits per heavy atom. The fourth-order valence-corrected chi connectivity index (χ4v) is 6.62. The maximum Gasteiger partial charge on any atom is 0.223 e. The number of rotatable bonds is 12. The average Bonchev–Trinajstić information content (AvgIpc) is 2.87. The highest BCUT2D eigenvalue weighted by Crippen LogP contribution is 2.41. The van der Waals surface area contributed by atoms with Gasteiger partial charge in [0.15, 0.2) is 0 Å². The van der Waals surface area contributed by atoms with E-state index in [9.17, 15) is 20.1 Å². The number of carbonyl (C=O) groups excluding carboxylic acids is 1. The standard InChI is InChI=1S/C31H51NO4/c1-4-25-16-18-31(36,17-15-23-11-7-5-8-12-23)21-26(25)30(35)32-27(20-24-13-9-6-10-14-24)29(34)28(33)19-22(2)3/h5,7-8,11-12,22,24-29,33-34,36H,4,6,9-10,13-21H2,1-3H3,(H,32,35)/t25-,26-,27-,28-,29+,31+/m0/s1. The maximum atomic E-state index is 13.7. The highest BCUT2D eigenvalue weighted by atomic mass is 16.3. The van der Waals surface area contributed by atoms with Crippen molar-refractivity contribution in [3.05, 3.63) is 35.9 Å². The summed E-state index contributed by atoms with van der Waals surface area (Å²) >= 11 is 0. The molecular weight excluding hydrogens is 450 g/mol. The number of aryl methyl sites for hydroxylation is 1. The van der Waals surface area contributed by atoms with Crippen molar-refractivity contribution < 1.29 is 20.1 Å². The molecular formula is C31H51NO4. The number of benzene rings is 1. The van der Waals surface area contributed by atoms with E-state index < -0.39 is 23.9 Å². The Labute approximate surface area is 219 Å². The molecule has 0 unspecified atom stereocenters. The van der Waals surface area contributed by atoms with Gasteiger partial charge >= 0.3 is 0 Å². The zero-order valence-electron chi connectivity index (χ0n) is 22.9. The van der Waals surface area contributed by atoms with Gasteiger partial charge in [-0.15, -0.1) is 0 Å². The molecule has 0 heterocycles. The minimum atomic E-state index is -0.973. The molecule has 5 nitrogen and oxygen atoms in total. The molecule has 0 bridgehead atoms. The molecule has 0 aliphatic heterocycles. The van der Waals surface area contributed by atoms with E-state index in [0.29, 0.717) is 31.6 Å². The second-order valence-corrected chi connectivity index (χ2v) is 12.3. The van der Waals surface area contributed by atoms with Gasteiger partial charge in [-0.2, -0.15) is 0 Å². The van der Waals surface area contributed by atoms with Gasteiger partial charge in [0.05, 0.1) is 17.7 Å². The number of hydrogen-bond donors (Lipinski definition) is 4. The van der Waals surface area contributed by atoms with Crippen molar-refractivity contribution in [2.45, 2.75) is 128 Å².